The summed E-state index contributed by atoms with van der Waals surface area (Å²) in [5, 5.41) is 11.0. The van der Waals surface area contributed by atoms with Gasteiger partial charge in [0.1, 0.15) is 11.6 Å². The predicted octanol–water partition coefficient (Wildman–Crippen LogP) is 1.11. The van der Waals surface area contributed by atoms with Crippen molar-refractivity contribution < 1.29 is 28.2 Å². The molecule has 0 saturated carbocycles. The molecule has 0 aliphatic carbocycles. The molecule has 0 bridgehead atoms. The van der Waals surface area contributed by atoms with E-state index in [1.54, 1.807) is 0 Å². The average molecular weight is 287 g/mol. The van der Waals surface area contributed by atoms with Gasteiger partial charge in [-0.15, -0.1) is 0 Å². The number of hydrogen-bond acceptors (Lipinski definition) is 3. The Bertz CT molecular complexity index is 473. The Hall–Kier alpha value is -2.02. The lowest BCUT2D eigenvalue weighted by atomic mass is 10.1. The molecule has 110 valence electrons. The van der Waals surface area contributed by atoms with Crippen molar-refractivity contribution in [3.63, 3.8) is 0 Å². The summed E-state index contributed by atoms with van der Waals surface area (Å²) in [7, 11) is 1.32. The number of methoxy groups -OCH3 is 1. The first-order valence-corrected chi connectivity index (χ1v) is 5.88. The molecule has 0 radical (unpaired) electrons. The number of halogens is 2. The van der Waals surface area contributed by atoms with Crippen LogP contribution < -0.4 is 5.32 Å². The summed E-state index contributed by atoms with van der Waals surface area (Å²) in [6, 6.07) is 3.34. The van der Waals surface area contributed by atoms with E-state index in [-0.39, 0.29) is 18.5 Å². The van der Waals surface area contributed by atoms with Crippen LogP contribution >= 0.6 is 0 Å². The maximum absolute atomic E-state index is 13.3. The Morgan fingerprint density at radius 3 is 2.45 bits per heavy atom. The molecule has 0 saturated heterocycles. The van der Waals surface area contributed by atoms with E-state index in [9.17, 15) is 18.4 Å². The summed E-state index contributed by atoms with van der Waals surface area (Å²) in [6.45, 7) is -0.0439. The highest BCUT2D eigenvalue weighted by molar-refractivity contribution is 5.78. The van der Waals surface area contributed by atoms with Crippen molar-refractivity contribution in [2.75, 3.05) is 13.7 Å². The van der Waals surface area contributed by atoms with Crippen LogP contribution in [0.2, 0.25) is 0 Å². The van der Waals surface area contributed by atoms with Crippen LogP contribution in [-0.2, 0) is 20.7 Å². The molecule has 0 aliphatic rings. The first kappa shape index (κ1) is 16.0. The number of ether oxygens (including phenoxy) is 1. The van der Waals surface area contributed by atoms with Gasteiger partial charge in [0.15, 0.2) is 0 Å². The molecule has 1 rings (SSSR count). The maximum atomic E-state index is 13.3. The number of aliphatic carboxylic acids is 1. The molecular weight excluding hydrogens is 272 g/mol. The monoisotopic (exact) mass is 287 g/mol. The third-order valence-corrected chi connectivity index (χ3v) is 2.66. The minimum atomic E-state index is -1.06. The molecule has 0 spiro atoms. The van der Waals surface area contributed by atoms with Crippen LogP contribution in [0.1, 0.15) is 12.0 Å². The molecule has 0 fully saturated rings. The molecule has 20 heavy (non-hydrogen) atoms. The van der Waals surface area contributed by atoms with E-state index in [0.29, 0.717) is 0 Å². The fourth-order valence-corrected chi connectivity index (χ4v) is 1.59. The number of carbonyl (C=O) groups excluding carboxylic acids is 1. The molecule has 1 amide bonds. The second-order valence-corrected chi connectivity index (χ2v) is 4.14. The summed E-state index contributed by atoms with van der Waals surface area (Å²) in [4.78, 5) is 22.1. The van der Waals surface area contributed by atoms with Crippen LogP contribution in [0.3, 0.4) is 0 Å². The van der Waals surface area contributed by atoms with Gasteiger partial charge in [-0.05, 0) is 12.1 Å². The molecule has 0 heterocycles. The Morgan fingerprint density at radius 2 is 1.95 bits per heavy atom. The third kappa shape index (κ3) is 4.93. The van der Waals surface area contributed by atoms with Crippen LogP contribution in [0.15, 0.2) is 18.2 Å². The van der Waals surface area contributed by atoms with E-state index in [1.165, 1.54) is 13.2 Å². The number of rotatable bonds is 7. The standard InChI is InChI=1S/C13H15F2NO4/c1-20-8(5-13(18)19)7-16-12(17)6-9-10(14)3-2-4-11(9)15/h2-4,8H,5-7H2,1H3,(H,16,17)(H,18,19). The van der Waals surface area contributed by atoms with E-state index in [1.807, 2.05) is 0 Å². The van der Waals surface area contributed by atoms with Crippen LogP contribution in [0.25, 0.3) is 0 Å². The third-order valence-electron chi connectivity index (χ3n) is 2.66. The van der Waals surface area contributed by atoms with Crippen LogP contribution in [0, 0.1) is 11.6 Å². The molecule has 1 atom stereocenters. The van der Waals surface area contributed by atoms with E-state index in [4.69, 9.17) is 9.84 Å². The quantitative estimate of drug-likeness (QED) is 0.788. The minimum Gasteiger partial charge on any atom is -0.481 e. The van der Waals surface area contributed by atoms with Gasteiger partial charge >= 0.3 is 5.97 Å². The zero-order valence-electron chi connectivity index (χ0n) is 10.9. The number of amides is 1. The van der Waals surface area contributed by atoms with Crippen molar-refractivity contribution in [3.8, 4) is 0 Å². The molecule has 0 aliphatic heterocycles. The molecule has 1 unspecified atom stereocenters. The van der Waals surface area contributed by atoms with Gasteiger partial charge in [0.25, 0.3) is 0 Å². The van der Waals surface area contributed by atoms with Crippen molar-refractivity contribution in [1.82, 2.24) is 5.32 Å². The fraction of sp³-hybridized carbons (Fsp3) is 0.385. The van der Waals surface area contributed by atoms with Crippen molar-refractivity contribution in [3.05, 3.63) is 35.4 Å². The maximum Gasteiger partial charge on any atom is 0.306 e. The van der Waals surface area contributed by atoms with Crippen molar-refractivity contribution in [1.29, 1.82) is 0 Å². The number of hydrogen-bond donors (Lipinski definition) is 2. The van der Waals surface area contributed by atoms with E-state index in [0.717, 1.165) is 12.1 Å². The van der Waals surface area contributed by atoms with Gasteiger partial charge in [0, 0.05) is 19.2 Å². The lowest BCUT2D eigenvalue weighted by Crippen LogP contribution is -2.35. The van der Waals surface area contributed by atoms with Gasteiger partial charge in [0.05, 0.1) is 18.9 Å². The number of carboxylic acid groups (broad SMARTS) is 1. The predicted molar refractivity (Wildman–Crippen MR) is 66.1 cm³/mol. The molecule has 1 aromatic carbocycles. The molecule has 5 nitrogen and oxygen atoms in total. The number of carboxylic acids is 1. The molecule has 1 aromatic rings. The second-order valence-electron chi connectivity index (χ2n) is 4.14. The second kappa shape index (κ2) is 7.54. The van der Waals surface area contributed by atoms with E-state index >= 15 is 0 Å². The van der Waals surface area contributed by atoms with Gasteiger partial charge in [0.2, 0.25) is 5.91 Å². The zero-order chi connectivity index (χ0) is 15.1. The molecule has 7 heteroatoms. The smallest absolute Gasteiger partial charge is 0.306 e. The zero-order valence-corrected chi connectivity index (χ0v) is 10.9. The Labute approximate surface area is 114 Å². The Morgan fingerprint density at radius 1 is 1.35 bits per heavy atom. The minimum absolute atomic E-state index is 0.0439. The van der Waals surface area contributed by atoms with Crippen LogP contribution in [-0.4, -0.2) is 36.7 Å². The van der Waals surface area contributed by atoms with Gasteiger partial charge in [-0.25, -0.2) is 8.78 Å². The number of benzene rings is 1. The summed E-state index contributed by atoms with van der Waals surface area (Å²) in [5.74, 6) is -3.27. The first-order valence-electron chi connectivity index (χ1n) is 5.88. The Balaban J connectivity index is 2.53. The highest BCUT2D eigenvalue weighted by Crippen LogP contribution is 2.12. The van der Waals surface area contributed by atoms with E-state index in [2.05, 4.69) is 5.32 Å². The van der Waals surface area contributed by atoms with Gasteiger partial charge < -0.3 is 15.2 Å². The first-order chi connectivity index (χ1) is 9.43. The molecular formula is C13H15F2NO4. The summed E-state index contributed by atoms with van der Waals surface area (Å²) < 4.78 is 31.5. The van der Waals surface area contributed by atoms with Gasteiger partial charge in [-0.2, -0.15) is 0 Å². The summed E-state index contributed by atoms with van der Waals surface area (Å²) in [6.07, 6.45) is -1.42. The molecule has 2 N–H and O–H groups in total. The highest BCUT2D eigenvalue weighted by atomic mass is 19.1. The van der Waals surface area contributed by atoms with Crippen LogP contribution in [0.5, 0.6) is 0 Å². The van der Waals surface area contributed by atoms with Crippen molar-refractivity contribution in [2.45, 2.75) is 18.9 Å². The van der Waals surface area contributed by atoms with Crippen LogP contribution in [0.4, 0.5) is 8.78 Å². The van der Waals surface area contributed by atoms with Gasteiger partial charge in [-0.3, -0.25) is 9.59 Å². The highest BCUT2D eigenvalue weighted by Gasteiger charge is 2.16. The summed E-state index contributed by atoms with van der Waals surface area (Å²) >= 11 is 0. The van der Waals surface area contributed by atoms with E-state index < -0.39 is 36.0 Å². The lowest BCUT2D eigenvalue weighted by molar-refractivity contribution is -0.140. The van der Waals surface area contributed by atoms with Crippen molar-refractivity contribution in [2.24, 2.45) is 0 Å². The SMILES string of the molecule is COC(CNC(=O)Cc1c(F)cccc1F)CC(=O)O. The fourth-order valence-electron chi connectivity index (χ4n) is 1.59. The average Bonchev–Trinajstić information content (AvgIpc) is 2.38. The van der Waals surface area contributed by atoms with Gasteiger partial charge in [-0.1, -0.05) is 6.07 Å². The number of nitrogens with one attached hydrogen (secondary N) is 1. The number of carbonyl (C=O) groups is 2. The topological polar surface area (TPSA) is 75.6 Å². The largest absolute Gasteiger partial charge is 0.481 e. The van der Waals surface area contributed by atoms with Crippen molar-refractivity contribution >= 4 is 11.9 Å². The Kier molecular flexibility index (Phi) is 6.05. The lowest BCUT2D eigenvalue weighted by Gasteiger charge is -2.14. The molecule has 0 aromatic heterocycles. The normalized spacial score (nSPS) is 11.9. The summed E-state index contributed by atoms with van der Waals surface area (Å²) in [5.41, 5.74) is -0.322.